The Labute approximate surface area is 142 Å². The van der Waals surface area contributed by atoms with Gasteiger partial charge in [0.2, 0.25) is 11.8 Å². The summed E-state index contributed by atoms with van der Waals surface area (Å²) in [6.07, 6.45) is 1.29. The number of aromatic nitrogens is 2. The van der Waals surface area contributed by atoms with E-state index < -0.39 is 28.5 Å². The normalized spacial score (nSPS) is 23.2. The lowest BCUT2D eigenvalue weighted by molar-refractivity contribution is -0.0317. The predicted molar refractivity (Wildman–Crippen MR) is 80.3 cm³/mol. The maximum absolute atomic E-state index is 12.3. The molecular weight excluding hydrogens is 358 g/mol. The number of rotatable bonds is 6. The molecule has 2 atom stereocenters. The Bertz CT molecular complexity index is 780. The van der Waals surface area contributed by atoms with Gasteiger partial charge in [0.1, 0.15) is 6.04 Å². The van der Waals surface area contributed by atoms with E-state index >= 15 is 0 Å². The van der Waals surface area contributed by atoms with Crippen molar-refractivity contribution >= 4 is 22.4 Å². The van der Waals surface area contributed by atoms with Crippen molar-refractivity contribution in [3.8, 4) is 0 Å². The van der Waals surface area contributed by atoms with E-state index in [0.717, 1.165) is 0 Å². The number of hydrogen-bond donors (Lipinski definition) is 4. The van der Waals surface area contributed by atoms with Gasteiger partial charge in [0.15, 0.2) is 5.96 Å². The molecule has 0 aromatic carbocycles. The van der Waals surface area contributed by atoms with E-state index in [1.165, 1.54) is 4.90 Å². The molecule has 138 valence electrons. The molecule has 3 heterocycles. The molecule has 2 bridgehead atoms. The van der Waals surface area contributed by atoms with E-state index in [1.807, 2.05) is 0 Å². The van der Waals surface area contributed by atoms with Crippen molar-refractivity contribution in [1.29, 1.82) is 5.41 Å². The lowest BCUT2D eigenvalue weighted by Crippen LogP contribution is -2.35. The third-order valence-electron chi connectivity index (χ3n) is 3.92. The standard InChI is InChI=1S/C11H17N7O6S/c12-10(13)14-4-3-8-15-16-9(23-8)7-2-1-6-5-17(7)11(19)18(6)24-25(20,21)22/h6-7H,1-5H2,(H4,12,13,14)(H,20,21,22)/t6-,7-/m0/s1. The molecule has 2 saturated heterocycles. The molecule has 25 heavy (non-hydrogen) atoms. The number of fused-ring (bicyclic) bond motifs is 2. The van der Waals surface area contributed by atoms with Crippen molar-refractivity contribution in [2.24, 2.45) is 5.73 Å². The largest absolute Gasteiger partial charge is 0.423 e. The smallest absolute Gasteiger partial charge is 0.418 e. The summed E-state index contributed by atoms with van der Waals surface area (Å²) in [7, 11) is -4.78. The second kappa shape index (κ2) is 6.45. The summed E-state index contributed by atoms with van der Waals surface area (Å²) >= 11 is 0. The maximum atomic E-state index is 12.3. The van der Waals surface area contributed by atoms with E-state index in [2.05, 4.69) is 19.8 Å². The first-order valence-corrected chi connectivity index (χ1v) is 8.78. The highest BCUT2D eigenvalue weighted by atomic mass is 32.3. The van der Waals surface area contributed by atoms with Gasteiger partial charge in [-0.3, -0.25) is 9.96 Å². The van der Waals surface area contributed by atoms with Crippen LogP contribution >= 0.6 is 0 Å². The van der Waals surface area contributed by atoms with Crippen LogP contribution in [-0.4, -0.2) is 64.3 Å². The topological polar surface area (TPSA) is 188 Å². The fourth-order valence-corrected chi connectivity index (χ4v) is 3.28. The highest BCUT2D eigenvalue weighted by molar-refractivity contribution is 7.80. The van der Waals surface area contributed by atoms with Crippen LogP contribution < -0.4 is 11.1 Å². The zero-order valence-electron chi connectivity index (χ0n) is 13.0. The van der Waals surface area contributed by atoms with E-state index in [4.69, 9.17) is 20.1 Å². The number of nitrogens with two attached hydrogens (primary N) is 1. The first-order chi connectivity index (χ1) is 11.7. The lowest BCUT2D eigenvalue weighted by Gasteiger charge is -2.27. The van der Waals surface area contributed by atoms with Crippen molar-refractivity contribution in [1.82, 2.24) is 25.5 Å². The number of urea groups is 1. The first kappa shape index (κ1) is 17.4. The van der Waals surface area contributed by atoms with E-state index in [-0.39, 0.29) is 18.4 Å². The lowest BCUT2D eigenvalue weighted by atomic mass is 10.0. The summed E-state index contributed by atoms with van der Waals surface area (Å²) in [5.41, 5.74) is 5.18. The number of nitrogens with one attached hydrogen (secondary N) is 2. The Morgan fingerprint density at radius 1 is 1.48 bits per heavy atom. The number of nitrogens with zero attached hydrogens (tertiary/aromatic N) is 4. The van der Waals surface area contributed by atoms with Crippen LogP contribution in [0, 0.1) is 5.41 Å². The second-order valence-electron chi connectivity index (χ2n) is 5.63. The molecule has 2 aliphatic rings. The molecule has 0 radical (unpaired) electrons. The second-order valence-corrected chi connectivity index (χ2v) is 6.64. The van der Waals surface area contributed by atoms with Crippen molar-refractivity contribution in [3.05, 3.63) is 11.8 Å². The molecule has 13 nitrogen and oxygen atoms in total. The third-order valence-corrected chi connectivity index (χ3v) is 4.27. The number of carbonyl (C=O) groups excluding carboxylic acids is 1. The van der Waals surface area contributed by atoms with Crippen molar-refractivity contribution in [2.45, 2.75) is 31.3 Å². The number of hydroxylamine groups is 2. The Morgan fingerprint density at radius 3 is 2.92 bits per heavy atom. The van der Waals surface area contributed by atoms with Crippen LogP contribution in [0.2, 0.25) is 0 Å². The molecule has 2 amide bonds. The summed E-state index contributed by atoms with van der Waals surface area (Å²) in [5, 5.41) is 18.2. The molecule has 14 heteroatoms. The molecule has 0 unspecified atom stereocenters. The van der Waals surface area contributed by atoms with Gasteiger partial charge in [0.25, 0.3) is 0 Å². The average Bonchev–Trinajstić information content (AvgIpc) is 3.06. The third kappa shape index (κ3) is 3.80. The minimum absolute atomic E-state index is 0.167. The monoisotopic (exact) mass is 375 g/mol. The number of piperidine rings is 1. The molecule has 1 aromatic rings. The summed E-state index contributed by atoms with van der Waals surface area (Å²) in [4.78, 5) is 13.7. The fourth-order valence-electron chi connectivity index (χ4n) is 2.89. The van der Waals surface area contributed by atoms with Crippen LogP contribution in [0.3, 0.4) is 0 Å². The van der Waals surface area contributed by atoms with Gasteiger partial charge in [-0.05, 0) is 12.8 Å². The summed E-state index contributed by atoms with van der Waals surface area (Å²) < 4.78 is 40.4. The van der Waals surface area contributed by atoms with Crippen molar-refractivity contribution in [3.63, 3.8) is 0 Å². The first-order valence-electron chi connectivity index (χ1n) is 7.41. The predicted octanol–water partition coefficient (Wildman–Crippen LogP) is -1.23. The van der Waals surface area contributed by atoms with Crippen molar-refractivity contribution in [2.75, 3.05) is 13.1 Å². The molecule has 0 saturated carbocycles. The number of carbonyl (C=O) groups is 1. The quantitative estimate of drug-likeness (QED) is 0.266. The highest BCUT2D eigenvalue weighted by Crippen LogP contribution is 2.38. The van der Waals surface area contributed by atoms with Gasteiger partial charge in [-0.25, -0.2) is 4.79 Å². The van der Waals surface area contributed by atoms with Crippen LogP contribution in [0.4, 0.5) is 4.79 Å². The molecule has 5 N–H and O–H groups in total. The SMILES string of the molecule is N=C(N)NCCc1nnc([C@@H]2CC[C@H]3CN2C(=O)N3OS(=O)(=O)O)o1. The zero-order valence-corrected chi connectivity index (χ0v) is 13.8. The molecule has 3 rings (SSSR count). The fraction of sp³-hybridized carbons (Fsp3) is 0.636. The Kier molecular flexibility index (Phi) is 4.49. The van der Waals surface area contributed by atoms with Crippen LogP contribution in [0.1, 0.15) is 30.7 Å². The minimum Gasteiger partial charge on any atom is -0.423 e. The van der Waals surface area contributed by atoms with Gasteiger partial charge >= 0.3 is 16.4 Å². The Morgan fingerprint density at radius 2 is 2.24 bits per heavy atom. The molecule has 0 spiro atoms. The minimum atomic E-state index is -4.78. The van der Waals surface area contributed by atoms with Crippen LogP contribution in [0.15, 0.2) is 4.42 Å². The Hall–Kier alpha value is -2.45. The number of hydrogen-bond acceptors (Lipinski definition) is 8. The van der Waals surface area contributed by atoms with Gasteiger partial charge < -0.3 is 20.4 Å². The summed E-state index contributed by atoms with van der Waals surface area (Å²) in [6.45, 7) is 0.574. The Balaban J connectivity index is 1.68. The average molecular weight is 375 g/mol. The van der Waals surface area contributed by atoms with Crippen molar-refractivity contribution < 1.29 is 26.5 Å². The maximum Gasteiger partial charge on any atom is 0.418 e. The van der Waals surface area contributed by atoms with Gasteiger partial charge in [-0.15, -0.1) is 14.5 Å². The van der Waals surface area contributed by atoms with E-state index in [0.29, 0.717) is 36.8 Å². The van der Waals surface area contributed by atoms with Gasteiger partial charge in [-0.1, -0.05) is 0 Å². The van der Waals surface area contributed by atoms with E-state index in [1.54, 1.807) is 0 Å². The number of guanidine groups is 1. The summed E-state index contributed by atoms with van der Waals surface area (Å²) in [6, 6.07) is -1.67. The molecule has 0 aliphatic carbocycles. The number of amides is 2. The van der Waals surface area contributed by atoms with Crippen LogP contribution in [0.25, 0.3) is 0 Å². The van der Waals surface area contributed by atoms with Gasteiger partial charge in [-0.2, -0.15) is 13.5 Å². The molecule has 2 aliphatic heterocycles. The highest BCUT2D eigenvalue weighted by Gasteiger charge is 2.49. The van der Waals surface area contributed by atoms with Crippen LogP contribution in [-0.2, 0) is 21.1 Å². The van der Waals surface area contributed by atoms with E-state index in [9.17, 15) is 13.2 Å². The zero-order chi connectivity index (χ0) is 18.2. The molecule has 2 fully saturated rings. The van der Waals surface area contributed by atoms with Crippen LogP contribution in [0.5, 0.6) is 0 Å². The van der Waals surface area contributed by atoms with Gasteiger partial charge in [0, 0.05) is 19.5 Å². The molecule has 1 aromatic heterocycles. The van der Waals surface area contributed by atoms with Gasteiger partial charge in [0.05, 0.1) is 6.04 Å². The molecular formula is C11H17N7O6S. The summed E-state index contributed by atoms with van der Waals surface area (Å²) in [5.74, 6) is 0.390.